The van der Waals surface area contributed by atoms with Crippen LogP contribution in [0.15, 0.2) is 17.5 Å². The summed E-state index contributed by atoms with van der Waals surface area (Å²) in [6.07, 6.45) is 0. The van der Waals surface area contributed by atoms with E-state index >= 15 is 0 Å². The lowest BCUT2D eigenvalue weighted by atomic mass is 10.2. The van der Waals surface area contributed by atoms with Crippen LogP contribution in [0.2, 0.25) is 10.0 Å². The minimum absolute atomic E-state index is 0.00745. The maximum Gasteiger partial charge on any atom is 0.180 e. The Morgan fingerprint density at radius 1 is 1.27 bits per heavy atom. The Kier molecular flexibility index (Phi) is 2.82. The summed E-state index contributed by atoms with van der Waals surface area (Å²) in [7, 11) is 0. The zero-order valence-corrected chi connectivity index (χ0v) is 9.63. The molecule has 2 rings (SSSR count). The minimum Gasteiger partial charge on any atom is -0.375 e. The van der Waals surface area contributed by atoms with Crippen LogP contribution in [0.1, 0.15) is 0 Å². The highest BCUT2D eigenvalue weighted by Crippen LogP contribution is 2.33. The molecule has 15 heavy (non-hydrogen) atoms. The molecular weight excluding hydrogens is 258 g/mol. The predicted molar refractivity (Wildman–Crippen MR) is 61.9 cm³/mol. The quantitative estimate of drug-likeness (QED) is 0.794. The van der Waals surface area contributed by atoms with E-state index in [1.807, 2.05) is 0 Å². The number of hydrogen-bond acceptors (Lipinski definition) is 3. The zero-order valence-electron chi connectivity index (χ0n) is 7.30. The Hall–Kier alpha value is -0.840. The third-order valence-electron chi connectivity index (χ3n) is 1.81. The Morgan fingerprint density at radius 3 is 2.60 bits per heavy atom. The van der Waals surface area contributed by atoms with Gasteiger partial charge in [0.05, 0.1) is 15.7 Å². The molecule has 6 heteroatoms. The van der Waals surface area contributed by atoms with Crippen molar-refractivity contribution < 1.29 is 4.39 Å². The van der Waals surface area contributed by atoms with Crippen molar-refractivity contribution in [3.63, 3.8) is 0 Å². The summed E-state index contributed by atoms with van der Waals surface area (Å²) in [5, 5.41) is 2.47. The molecule has 0 spiro atoms. The largest absolute Gasteiger partial charge is 0.375 e. The third kappa shape index (κ3) is 2.07. The van der Waals surface area contributed by atoms with Gasteiger partial charge in [0.1, 0.15) is 5.82 Å². The van der Waals surface area contributed by atoms with Crippen molar-refractivity contribution in [1.82, 2.24) is 4.98 Å². The van der Waals surface area contributed by atoms with E-state index in [0.29, 0.717) is 21.4 Å². The molecule has 0 unspecified atom stereocenters. The number of aromatic nitrogens is 1. The lowest BCUT2D eigenvalue weighted by Gasteiger charge is -2.02. The van der Waals surface area contributed by atoms with Crippen molar-refractivity contribution in [1.29, 1.82) is 0 Å². The molecule has 0 atom stereocenters. The van der Waals surface area contributed by atoms with E-state index in [-0.39, 0.29) is 5.02 Å². The topological polar surface area (TPSA) is 38.9 Å². The maximum atomic E-state index is 13.2. The molecule has 1 aromatic heterocycles. The summed E-state index contributed by atoms with van der Waals surface area (Å²) in [4.78, 5) is 4.01. The molecule has 2 nitrogen and oxygen atoms in total. The van der Waals surface area contributed by atoms with Gasteiger partial charge in [0.15, 0.2) is 5.13 Å². The fourth-order valence-corrected chi connectivity index (χ4v) is 2.17. The van der Waals surface area contributed by atoms with Crippen molar-refractivity contribution in [3.8, 4) is 11.3 Å². The van der Waals surface area contributed by atoms with Gasteiger partial charge in [-0.2, -0.15) is 0 Å². The van der Waals surface area contributed by atoms with Crippen LogP contribution in [-0.4, -0.2) is 4.98 Å². The summed E-state index contributed by atoms with van der Waals surface area (Å²) in [5.74, 6) is -0.525. The second-order valence-corrected chi connectivity index (χ2v) is 4.52. The molecular formula is C9H5Cl2FN2S. The van der Waals surface area contributed by atoms with Crippen molar-refractivity contribution in [2.24, 2.45) is 0 Å². The smallest absolute Gasteiger partial charge is 0.180 e. The lowest BCUT2D eigenvalue weighted by molar-refractivity contribution is 0.629. The van der Waals surface area contributed by atoms with Gasteiger partial charge in [0.2, 0.25) is 0 Å². The van der Waals surface area contributed by atoms with E-state index in [0.717, 1.165) is 0 Å². The van der Waals surface area contributed by atoms with Crippen molar-refractivity contribution in [3.05, 3.63) is 33.4 Å². The van der Waals surface area contributed by atoms with Crippen LogP contribution in [0, 0.1) is 5.82 Å². The highest BCUT2D eigenvalue weighted by atomic mass is 35.5. The normalized spacial score (nSPS) is 10.6. The monoisotopic (exact) mass is 262 g/mol. The zero-order chi connectivity index (χ0) is 11.0. The Morgan fingerprint density at radius 2 is 2.00 bits per heavy atom. The van der Waals surface area contributed by atoms with Gasteiger partial charge in [-0.25, -0.2) is 9.37 Å². The van der Waals surface area contributed by atoms with E-state index < -0.39 is 5.82 Å². The van der Waals surface area contributed by atoms with Crippen molar-refractivity contribution in [2.45, 2.75) is 0 Å². The number of hydrogen-bond donors (Lipinski definition) is 1. The van der Waals surface area contributed by atoms with Crippen LogP contribution in [-0.2, 0) is 0 Å². The Labute approximate surface area is 99.5 Å². The highest BCUT2D eigenvalue weighted by molar-refractivity contribution is 7.13. The van der Waals surface area contributed by atoms with Gasteiger partial charge in [0.25, 0.3) is 0 Å². The van der Waals surface area contributed by atoms with Gasteiger partial charge in [-0.15, -0.1) is 11.3 Å². The molecule has 0 aliphatic carbocycles. The Bertz CT molecular complexity index is 513. The van der Waals surface area contributed by atoms with E-state index in [2.05, 4.69) is 4.98 Å². The summed E-state index contributed by atoms with van der Waals surface area (Å²) in [5.41, 5.74) is 6.52. The molecule has 0 radical (unpaired) electrons. The average Bonchev–Trinajstić information content (AvgIpc) is 2.58. The van der Waals surface area contributed by atoms with Gasteiger partial charge in [-0.1, -0.05) is 23.2 Å². The molecule has 0 aliphatic rings. The van der Waals surface area contributed by atoms with Gasteiger partial charge >= 0.3 is 0 Å². The van der Waals surface area contributed by atoms with E-state index in [9.17, 15) is 4.39 Å². The van der Waals surface area contributed by atoms with Crippen molar-refractivity contribution >= 4 is 39.7 Å². The Balaban J connectivity index is 2.58. The number of halogens is 3. The average molecular weight is 263 g/mol. The number of thiazole rings is 1. The molecule has 1 heterocycles. The van der Waals surface area contributed by atoms with Gasteiger partial charge in [-0.05, 0) is 12.1 Å². The second-order valence-electron chi connectivity index (χ2n) is 2.82. The number of nitrogens with two attached hydrogens (primary N) is 1. The first-order chi connectivity index (χ1) is 7.08. The molecule has 2 N–H and O–H groups in total. The summed E-state index contributed by atoms with van der Waals surface area (Å²) in [6, 6.07) is 2.60. The van der Waals surface area contributed by atoms with E-state index in [4.69, 9.17) is 28.9 Å². The SMILES string of the molecule is Nc1nc(-c2cc(F)c(Cl)cc2Cl)cs1. The molecule has 1 aromatic carbocycles. The highest BCUT2D eigenvalue weighted by Gasteiger charge is 2.11. The fraction of sp³-hybridized carbons (Fsp3) is 0. The second kappa shape index (κ2) is 3.96. The molecule has 78 valence electrons. The molecule has 0 amide bonds. The standard InChI is InChI=1S/C9H5Cl2FN2S/c10-5-2-6(11)7(12)1-4(5)8-3-15-9(13)14-8/h1-3H,(H2,13,14). The van der Waals surface area contributed by atoms with Crippen LogP contribution >= 0.6 is 34.5 Å². The van der Waals surface area contributed by atoms with Gasteiger partial charge < -0.3 is 5.73 Å². The van der Waals surface area contributed by atoms with E-state index in [1.54, 1.807) is 5.38 Å². The first-order valence-corrected chi connectivity index (χ1v) is 5.57. The van der Waals surface area contributed by atoms with E-state index in [1.165, 1.54) is 23.5 Å². The molecule has 0 aliphatic heterocycles. The third-order valence-corrected chi connectivity index (χ3v) is 3.08. The van der Waals surface area contributed by atoms with Crippen LogP contribution in [0.3, 0.4) is 0 Å². The van der Waals surface area contributed by atoms with Gasteiger partial charge in [0, 0.05) is 10.9 Å². The van der Waals surface area contributed by atoms with Crippen LogP contribution in [0.4, 0.5) is 9.52 Å². The number of anilines is 1. The minimum atomic E-state index is -0.525. The number of nitrogens with zero attached hydrogens (tertiary/aromatic N) is 1. The lowest BCUT2D eigenvalue weighted by Crippen LogP contribution is -1.86. The summed E-state index contributed by atoms with van der Waals surface area (Å²) in [6.45, 7) is 0. The van der Waals surface area contributed by atoms with Crippen molar-refractivity contribution in [2.75, 3.05) is 5.73 Å². The van der Waals surface area contributed by atoms with Gasteiger partial charge in [-0.3, -0.25) is 0 Å². The number of benzene rings is 1. The molecule has 0 saturated carbocycles. The fourth-order valence-electron chi connectivity index (χ4n) is 1.13. The molecule has 0 fully saturated rings. The molecule has 2 aromatic rings. The van der Waals surface area contributed by atoms with Crippen LogP contribution in [0.5, 0.6) is 0 Å². The number of rotatable bonds is 1. The van der Waals surface area contributed by atoms with Crippen LogP contribution < -0.4 is 5.73 Å². The molecule has 0 bridgehead atoms. The molecule has 0 saturated heterocycles. The number of nitrogen functional groups attached to an aromatic ring is 1. The maximum absolute atomic E-state index is 13.2. The first kappa shape index (κ1) is 10.7. The predicted octanol–water partition coefficient (Wildman–Crippen LogP) is 3.84. The summed E-state index contributed by atoms with van der Waals surface area (Å²) < 4.78 is 13.2. The first-order valence-electron chi connectivity index (χ1n) is 3.94. The summed E-state index contributed by atoms with van der Waals surface area (Å²) >= 11 is 12.8. The van der Waals surface area contributed by atoms with Crippen LogP contribution in [0.25, 0.3) is 11.3 Å².